The molecule has 4 nitrogen and oxygen atoms in total. The highest BCUT2D eigenvalue weighted by Crippen LogP contribution is 2.27. The summed E-state index contributed by atoms with van der Waals surface area (Å²) in [7, 11) is 0. The second-order valence-corrected chi connectivity index (χ2v) is 4.37. The van der Waals surface area contributed by atoms with Crippen molar-refractivity contribution in [3.05, 3.63) is 40.0 Å². The van der Waals surface area contributed by atoms with Gasteiger partial charge in [-0.05, 0) is 24.3 Å². The van der Waals surface area contributed by atoms with Crippen molar-refractivity contribution >= 4 is 45.0 Å². The van der Waals surface area contributed by atoms with Crippen molar-refractivity contribution in [3.8, 4) is 0 Å². The Bertz CT molecular complexity index is 518. The Hall–Kier alpha value is -1.33. The first kappa shape index (κ1) is 11.2. The molecule has 0 aliphatic carbocycles. The highest BCUT2D eigenvalue weighted by Gasteiger charge is 2.02. The van der Waals surface area contributed by atoms with Gasteiger partial charge in [0.25, 0.3) is 0 Å². The maximum absolute atomic E-state index is 6.03. The van der Waals surface area contributed by atoms with Crippen LogP contribution >= 0.6 is 27.5 Å². The predicted octanol–water partition coefficient (Wildman–Crippen LogP) is 3.22. The molecule has 16 heavy (non-hydrogen) atoms. The molecule has 0 fully saturated rings. The average molecular weight is 300 g/mol. The topological polar surface area (TPSA) is 63.8 Å². The molecule has 0 spiro atoms. The number of hydrogen-bond acceptors (Lipinski definition) is 4. The highest BCUT2D eigenvalue weighted by atomic mass is 79.9. The van der Waals surface area contributed by atoms with Gasteiger partial charge in [0, 0.05) is 10.7 Å². The van der Waals surface area contributed by atoms with E-state index in [1.165, 1.54) is 0 Å². The zero-order valence-electron chi connectivity index (χ0n) is 8.11. The van der Waals surface area contributed by atoms with Gasteiger partial charge < -0.3 is 11.1 Å². The van der Waals surface area contributed by atoms with Crippen LogP contribution in [0, 0.1) is 0 Å². The molecule has 2 aromatic rings. The van der Waals surface area contributed by atoms with Crippen molar-refractivity contribution in [2.24, 2.45) is 0 Å². The van der Waals surface area contributed by atoms with Crippen LogP contribution in [-0.2, 0) is 0 Å². The molecule has 0 radical (unpaired) electrons. The Kier molecular flexibility index (Phi) is 3.26. The van der Waals surface area contributed by atoms with Crippen LogP contribution in [0.3, 0.4) is 0 Å². The van der Waals surface area contributed by atoms with Crippen molar-refractivity contribution < 1.29 is 0 Å². The summed E-state index contributed by atoms with van der Waals surface area (Å²) >= 11 is 9.40. The van der Waals surface area contributed by atoms with E-state index in [1.54, 1.807) is 18.3 Å². The number of halogens is 2. The first-order valence-electron chi connectivity index (χ1n) is 4.46. The van der Waals surface area contributed by atoms with E-state index >= 15 is 0 Å². The van der Waals surface area contributed by atoms with Gasteiger partial charge in [-0.15, -0.1) is 0 Å². The molecule has 0 amide bonds. The third-order valence-electron chi connectivity index (χ3n) is 1.87. The highest BCUT2D eigenvalue weighted by molar-refractivity contribution is 9.10. The van der Waals surface area contributed by atoms with E-state index in [9.17, 15) is 0 Å². The minimum atomic E-state index is 0.219. The molecule has 6 heteroatoms. The molecule has 1 heterocycles. The van der Waals surface area contributed by atoms with E-state index in [0.717, 1.165) is 10.2 Å². The summed E-state index contributed by atoms with van der Waals surface area (Å²) in [6.07, 6.45) is 1.58. The number of nitrogens with one attached hydrogen (secondary N) is 1. The lowest BCUT2D eigenvalue weighted by molar-refractivity contribution is 1.18. The number of anilines is 3. The quantitative estimate of drug-likeness (QED) is 0.893. The summed E-state index contributed by atoms with van der Waals surface area (Å²) in [5.41, 5.74) is 6.23. The predicted molar refractivity (Wildman–Crippen MR) is 68.9 cm³/mol. The van der Waals surface area contributed by atoms with E-state index in [2.05, 4.69) is 31.2 Å². The maximum Gasteiger partial charge on any atom is 0.221 e. The zero-order chi connectivity index (χ0) is 11.5. The summed E-state index contributed by atoms with van der Waals surface area (Å²) in [4.78, 5) is 7.83. The number of nitrogens with zero attached hydrogens (tertiary/aromatic N) is 2. The molecule has 0 unspecified atom stereocenters. The summed E-state index contributed by atoms with van der Waals surface area (Å²) in [6, 6.07) is 7.23. The first-order chi connectivity index (χ1) is 7.65. The van der Waals surface area contributed by atoms with E-state index in [-0.39, 0.29) is 5.95 Å². The van der Waals surface area contributed by atoms with Gasteiger partial charge in [0.1, 0.15) is 5.82 Å². The fourth-order valence-electron chi connectivity index (χ4n) is 1.17. The number of rotatable bonds is 2. The lowest BCUT2D eigenvalue weighted by atomic mass is 10.3. The number of benzene rings is 1. The number of aromatic nitrogens is 2. The fourth-order valence-corrected chi connectivity index (χ4v) is 1.70. The molecule has 0 saturated heterocycles. The summed E-state index contributed by atoms with van der Waals surface area (Å²) in [5.74, 6) is 0.823. The molecule has 0 saturated carbocycles. The molecule has 3 N–H and O–H groups in total. The largest absolute Gasteiger partial charge is 0.368 e. The molecule has 0 aliphatic heterocycles. The Morgan fingerprint density at radius 2 is 2.12 bits per heavy atom. The van der Waals surface area contributed by atoms with Crippen LogP contribution in [0.15, 0.2) is 34.9 Å². The van der Waals surface area contributed by atoms with Crippen molar-refractivity contribution in [2.75, 3.05) is 11.1 Å². The molecular weight excluding hydrogens is 291 g/mol. The second-order valence-electron chi connectivity index (χ2n) is 3.05. The van der Waals surface area contributed by atoms with Crippen LogP contribution in [0.2, 0.25) is 5.02 Å². The molecule has 0 atom stereocenters. The summed E-state index contributed by atoms with van der Waals surface area (Å²) in [6.45, 7) is 0. The van der Waals surface area contributed by atoms with Gasteiger partial charge in [-0.25, -0.2) is 4.98 Å². The van der Waals surface area contributed by atoms with Crippen molar-refractivity contribution in [1.82, 2.24) is 9.97 Å². The van der Waals surface area contributed by atoms with Crippen molar-refractivity contribution in [3.63, 3.8) is 0 Å². The number of nitrogens with two attached hydrogens (primary N) is 1. The molecule has 1 aromatic carbocycles. The van der Waals surface area contributed by atoms with Gasteiger partial charge in [-0.1, -0.05) is 27.5 Å². The number of hydrogen-bond donors (Lipinski definition) is 2. The third-order valence-corrected chi connectivity index (χ3v) is 2.69. The lowest BCUT2D eigenvalue weighted by Gasteiger charge is -2.07. The van der Waals surface area contributed by atoms with Gasteiger partial charge in [-0.3, -0.25) is 0 Å². The number of nitrogen functional groups attached to an aromatic ring is 1. The smallest absolute Gasteiger partial charge is 0.221 e. The summed E-state index contributed by atoms with van der Waals surface area (Å²) in [5, 5.41) is 3.67. The minimum Gasteiger partial charge on any atom is -0.368 e. The van der Waals surface area contributed by atoms with Crippen molar-refractivity contribution in [1.29, 1.82) is 0 Å². The average Bonchev–Trinajstić information content (AvgIpc) is 2.24. The van der Waals surface area contributed by atoms with E-state index in [1.807, 2.05) is 12.1 Å². The normalized spacial score (nSPS) is 10.1. The Morgan fingerprint density at radius 1 is 1.31 bits per heavy atom. The summed E-state index contributed by atoms with van der Waals surface area (Å²) < 4.78 is 0.932. The minimum absolute atomic E-state index is 0.219. The monoisotopic (exact) mass is 298 g/mol. The van der Waals surface area contributed by atoms with Crippen LogP contribution in [0.4, 0.5) is 17.5 Å². The standard InChI is InChI=1S/C10H8BrClN4/c11-6-1-2-7(12)8(5-6)15-9-3-4-14-10(13)16-9/h1-5H,(H3,13,14,15,16). The zero-order valence-corrected chi connectivity index (χ0v) is 10.5. The Morgan fingerprint density at radius 3 is 2.88 bits per heavy atom. The molecule has 1 aromatic heterocycles. The Balaban J connectivity index is 2.30. The van der Waals surface area contributed by atoms with Gasteiger partial charge in [-0.2, -0.15) is 4.98 Å². The van der Waals surface area contributed by atoms with Gasteiger partial charge in [0.15, 0.2) is 0 Å². The van der Waals surface area contributed by atoms with Crippen LogP contribution in [-0.4, -0.2) is 9.97 Å². The molecule has 2 rings (SSSR count). The van der Waals surface area contributed by atoms with E-state index in [0.29, 0.717) is 10.8 Å². The molecule has 0 bridgehead atoms. The SMILES string of the molecule is Nc1nccc(Nc2cc(Br)ccc2Cl)n1. The molecular formula is C10H8BrClN4. The Labute approximate surface area is 106 Å². The molecule has 82 valence electrons. The fraction of sp³-hybridized carbons (Fsp3) is 0. The van der Waals surface area contributed by atoms with E-state index < -0.39 is 0 Å². The second kappa shape index (κ2) is 4.67. The third kappa shape index (κ3) is 2.62. The van der Waals surface area contributed by atoms with E-state index in [4.69, 9.17) is 17.3 Å². The lowest BCUT2D eigenvalue weighted by Crippen LogP contribution is -1.99. The van der Waals surface area contributed by atoms with Crippen LogP contribution in [0.25, 0.3) is 0 Å². The van der Waals surface area contributed by atoms with Gasteiger partial charge in [0.05, 0.1) is 10.7 Å². The maximum atomic E-state index is 6.03. The first-order valence-corrected chi connectivity index (χ1v) is 5.63. The van der Waals surface area contributed by atoms with Crippen molar-refractivity contribution in [2.45, 2.75) is 0 Å². The van der Waals surface area contributed by atoms with Crippen LogP contribution < -0.4 is 11.1 Å². The molecule has 0 aliphatic rings. The van der Waals surface area contributed by atoms with Crippen LogP contribution in [0.5, 0.6) is 0 Å². The van der Waals surface area contributed by atoms with Gasteiger partial charge in [0.2, 0.25) is 5.95 Å². The van der Waals surface area contributed by atoms with Gasteiger partial charge >= 0.3 is 0 Å². The van der Waals surface area contributed by atoms with Crippen LogP contribution in [0.1, 0.15) is 0 Å².